The Balaban J connectivity index is 2.26. The Morgan fingerprint density at radius 1 is 1.19 bits per heavy atom. The van der Waals surface area contributed by atoms with Crippen LogP contribution in [0.3, 0.4) is 0 Å². The van der Waals surface area contributed by atoms with E-state index in [1.807, 2.05) is 20.9 Å². The Morgan fingerprint density at radius 3 is 2.38 bits per heavy atom. The van der Waals surface area contributed by atoms with Gasteiger partial charge in [0.1, 0.15) is 6.10 Å². The van der Waals surface area contributed by atoms with Crippen molar-refractivity contribution in [2.45, 2.75) is 40.2 Å². The summed E-state index contributed by atoms with van der Waals surface area (Å²) in [6.45, 7) is 8.07. The predicted octanol–water partition coefficient (Wildman–Crippen LogP) is 3.39. The van der Waals surface area contributed by atoms with Crippen LogP contribution in [-0.4, -0.2) is 24.7 Å². The number of aliphatic hydroxyl groups is 1. The Hall–Kier alpha value is -1.51. The number of hydrogen-bond donors (Lipinski definition) is 1. The number of nitrogens with zero attached hydrogens (tertiary/aromatic N) is 4. The lowest BCUT2D eigenvalue weighted by Crippen LogP contribution is -2.21. The summed E-state index contributed by atoms with van der Waals surface area (Å²) in [5.41, 5.74) is 3.22. The van der Waals surface area contributed by atoms with Gasteiger partial charge in [-0.3, -0.25) is 9.48 Å². The van der Waals surface area contributed by atoms with Crippen LogP contribution in [0.5, 0.6) is 0 Å². The molecule has 3 aromatic rings. The fraction of sp³-hybridized carbons (Fsp3) is 0.500. The number of halogens is 1. The minimum atomic E-state index is -0.841. The summed E-state index contributed by atoms with van der Waals surface area (Å²) in [7, 11) is 3.53. The first-order valence-corrected chi connectivity index (χ1v) is 10.1. The summed E-state index contributed by atoms with van der Waals surface area (Å²) in [4.78, 5) is 13.4. The van der Waals surface area contributed by atoms with Crippen molar-refractivity contribution >= 4 is 37.4 Å². The summed E-state index contributed by atoms with van der Waals surface area (Å²) in [6.07, 6.45) is -0.0648. The van der Waals surface area contributed by atoms with E-state index in [-0.39, 0.29) is 5.56 Å². The first-order chi connectivity index (χ1) is 12.1. The lowest BCUT2D eigenvalue weighted by atomic mass is 10.1. The third kappa shape index (κ3) is 3.04. The molecule has 1 N–H and O–H groups in total. The highest BCUT2D eigenvalue weighted by Crippen LogP contribution is 2.42. The normalized spacial score (nSPS) is 13.1. The molecule has 140 valence electrons. The summed E-state index contributed by atoms with van der Waals surface area (Å²) in [6, 6.07) is 0. The van der Waals surface area contributed by atoms with Gasteiger partial charge in [-0.05, 0) is 42.1 Å². The second kappa shape index (κ2) is 6.90. The molecule has 3 aromatic heterocycles. The molecule has 26 heavy (non-hydrogen) atoms. The zero-order valence-corrected chi connectivity index (χ0v) is 18.2. The highest BCUT2D eigenvalue weighted by Gasteiger charge is 2.27. The molecule has 1 atom stereocenters. The summed E-state index contributed by atoms with van der Waals surface area (Å²) in [5.74, 6) is 0.417. The van der Waals surface area contributed by atoms with Gasteiger partial charge in [-0.1, -0.05) is 13.8 Å². The molecule has 1 unspecified atom stereocenters. The highest BCUT2D eigenvalue weighted by molar-refractivity contribution is 9.10. The maximum atomic E-state index is 12.7. The second-order valence-electron chi connectivity index (χ2n) is 7.07. The number of hydrogen-bond acceptors (Lipinski definition) is 5. The molecule has 0 radical (unpaired) electrons. The predicted molar refractivity (Wildman–Crippen MR) is 108 cm³/mol. The minimum Gasteiger partial charge on any atom is -0.383 e. The third-order valence-electron chi connectivity index (χ3n) is 4.60. The zero-order chi connectivity index (χ0) is 19.3. The average molecular weight is 439 g/mol. The summed E-state index contributed by atoms with van der Waals surface area (Å²) >= 11 is 5.01. The number of fused-ring (bicyclic) bond motifs is 1. The number of aromatic nitrogens is 4. The van der Waals surface area contributed by atoms with Crippen molar-refractivity contribution in [3.05, 3.63) is 42.3 Å². The van der Waals surface area contributed by atoms with Gasteiger partial charge in [0.2, 0.25) is 0 Å². The van der Waals surface area contributed by atoms with Crippen molar-refractivity contribution < 1.29 is 5.11 Å². The number of thiophene rings is 1. The van der Waals surface area contributed by atoms with Crippen LogP contribution in [0.2, 0.25) is 0 Å². The molecule has 8 heteroatoms. The number of rotatable bonds is 4. The number of aryl methyl sites for hydroxylation is 3. The van der Waals surface area contributed by atoms with Crippen molar-refractivity contribution in [3.63, 3.8) is 0 Å². The van der Waals surface area contributed by atoms with Crippen LogP contribution in [0.25, 0.3) is 10.1 Å². The van der Waals surface area contributed by atoms with Crippen molar-refractivity contribution in [2.75, 3.05) is 0 Å². The summed E-state index contributed by atoms with van der Waals surface area (Å²) in [5, 5.41) is 20.5. The quantitative estimate of drug-likeness (QED) is 0.677. The Bertz CT molecular complexity index is 1050. The lowest BCUT2D eigenvalue weighted by molar-refractivity contribution is 0.222. The molecule has 6 nitrogen and oxygen atoms in total. The molecule has 3 heterocycles. The van der Waals surface area contributed by atoms with E-state index >= 15 is 0 Å². The molecule has 0 bridgehead atoms. The first-order valence-electron chi connectivity index (χ1n) is 8.49. The van der Waals surface area contributed by atoms with E-state index in [0.717, 1.165) is 33.8 Å². The standard InChI is InChI=1S/C18H23BrN4O2S/c1-8(2)7-11-16-13(18(25)23(6)21-11)14(19)17(26-16)15(24)12-9(3)20-22(5)10(12)4/h8,15,24H,7H2,1-6H3. The van der Waals surface area contributed by atoms with Crippen LogP contribution in [0.1, 0.15) is 47.5 Å². The van der Waals surface area contributed by atoms with Gasteiger partial charge in [0.15, 0.2) is 0 Å². The maximum Gasteiger partial charge on any atom is 0.276 e. The monoisotopic (exact) mass is 438 g/mol. The van der Waals surface area contributed by atoms with Gasteiger partial charge >= 0.3 is 0 Å². The molecule has 0 spiro atoms. The van der Waals surface area contributed by atoms with Gasteiger partial charge in [0, 0.05) is 29.8 Å². The minimum absolute atomic E-state index is 0.159. The van der Waals surface area contributed by atoms with Crippen molar-refractivity contribution in [1.29, 1.82) is 0 Å². The fourth-order valence-electron chi connectivity index (χ4n) is 3.27. The van der Waals surface area contributed by atoms with Crippen molar-refractivity contribution in [2.24, 2.45) is 20.0 Å². The Kier molecular flexibility index (Phi) is 5.11. The Morgan fingerprint density at radius 2 is 1.85 bits per heavy atom. The fourth-order valence-corrected chi connectivity index (χ4v) is 5.40. The molecule has 0 amide bonds. The van der Waals surface area contributed by atoms with Crippen LogP contribution in [0, 0.1) is 19.8 Å². The van der Waals surface area contributed by atoms with E-state index in [1.165, 1.54) is 16.0 Å². The molecule has 0 aliphatic heterocycles. The van der Waals surface area contributed by atoms with Crippen LogP contribution >= 0.6 is 27.3 Å². The van der Waals surface area contributed by atoms with Gasteiger partial charge in [0.05, 0.1) is 26.4 Å². The van der Waals surface area contributed by atoms with E-state index in [9.17, 15) is 9.90 Å². The molecule has 0 fully saturated rings. The van der Waals surface area contributed by atoms with Gasteiger partial charge in [0.25, 0.3) is 5.56 Å². The summed E-state index contributed by atoms with van der Waals surface area (Å²) < 4.78 is 4.65. The van der Waals surface area contributed by atoms with Crippen LogP contribution in [0.15, 0.2) is 9.27 Å². The van der Waals surface area contributed by atoms with Gasteiger partial charge in [-0.15, -0.1) is 11.3 Å². The highest BCUT2D eigenvalue weighted by atomic mass is 79.9. The topological polar surface area (TPSA) is 72.9 Å². The van der Waals surface area contributed by atoms with Crippen molar-refractivity contribution in [1.82, 2.24) is 19.6 Å². The SMILES string of the molecule is Cc1nn(C)c(C)c1C(O)c1sc2c(CC(C)C)nn(C)c(=O)c2c1Br. The Labute approximate surface area is 164 Å². The van der Waals surface area contributed by atoms with E-state index in [1.54, 1.807) is 11.7 Å². The van der Waals surface area contributed by atoms with Gasteiger partial charge in [-0.25, -0.2) is 4.68 Å². The third-order valence-corrected chi connectivity index (χ3v) is 6.98. The number of aliphatic hydroxyl groups excluding tert-OH is 1. The molecule has 0 saturated carbocycles. The molecular weight excluding hydrogens is 416 g/mol. The average Bonchev–Trinajstić information content (AvgIpc) is 3.01. The van der Waals surface area contributed by atoms with Crippen LogP contribution in [0.4, 0.5) is 0 Å². The molecule has 0 aliphatic rings. The van der Waals surface area contributed by atoms with Crippen LogP contribution in [-0.2, 0) is 20.5 Å². The molecule has 0 saturated heterocycles. The molecular formula is C18H23BrN4O2S. The smallest absolute Gasteiger partial charge is 0.276 e. The zero-order valence-electron chi connectivity index (χ0n) is 15.8. The van der Waals surface area contributed by atoms with E-state index < -0.39 is 6.10 Å². The second-order valence-corrected chi connectivity index (χ2v) is 8.91. The van der Waals surface area contributed by atoms with Crippen molar-refractivity contribution in [3.8, 4) is 0 Å². The van der Waals surface area contributed by atoms with E-state index in [4.69, 9.17) is 0 Å². The van der Waals surface area contributed by atoms with E-state index in [2.05, 4.69) is 40.0 Å². The molecule has 3 rings (SSSR count). The lowest BCUT2D eigenvalue weighted by Gasteiger charge is -2.10. The molecule has 0 aliphatic carbocycles. The largest absolute Gasteiger partial charge is 0.383 e. The van der Waals surface area contributed by atoms with Gasteiger partial charge in [-0.2, -0.15) is 10.2 Å². The van der Waals surface area contributed by atoms with Crippen LogP contribution < -0.4 is 5.56 Å². The van der Waals surface area contributed by atoms with Gasteiger partial charge < -0.3 is 5.11 Å². The van der Waals surface area contributed by atoms with E-state index in [0.29, 0.717) is 20.7 Å². The maximum absolute atomic E-state index is 12.7. The molecule has 0 aromatic carbocycles. The first kappa shape index (κ1) is 19.3.